The molecule has 0 N–H and O–H groups in total. The van der Waals surface area contributed by atoms with Crippen LogP contribution in [0.1, 0.15) is 17.3 Å². The average molecular weight is 295 g/mol. The molecule has 1 rings (SSSR count). The molecule has 1 atom stereocenters. The fraction of sp³-hybridized carbons (Fsp3) is 0.222. The Morgan fingerprint density at radius 1 is 1.50 bits per heavy atom. The van der Waals surface area contributed by atoms with E-state index in [4.69, 9.17) is 11.6 Å². The standard InChI is InChI=1S/C9H8ClIO/c1-6(10)9(12)7-4-2-3-5-8(7)11/h2-6H,1H3. The number of carbonyl (C=O) groups is 1. The molecule has 64 valence electrons. The molecule has 1 unspecified atom stereocenters. The van der Waals surface area contributed by atoms with Crippen molar-refractivity contribution in [2.24, 2.45) is 0 Å². The molecule has 0 saturated carbocycles. The average Bonchev–Trinajstić information content (AvgIpc) is 2.04. The van der Waals surface area contributed by atoms with Gasteiger partial charge in [0.25, 0.3) is 0 Å². The number of Topliss-reactive ketones (excluding diaryl/α,β-unsaturated/α-hetero) is 1. The molecule has 1 aromatic rings. The Bertz CT molecular complexity index is 296. The molecular formula is C9H8ClIO. The third kappa shape index (κ3) is 2.20. The number of alkyl halides is 1. The molecule has 0 fully saturated rings. The summed E-state index contributed by atoms with van der Waals surface area (Å²) in [7, 11) is 0. The highest BCUT2D eigenvalue weighted by atomic mass is 127. The van der Waals surface area contributed by atoms with E-state index in [0.29, 0.717) is 5.56 Å². The van der Waals surface area contributed by atoms with Crippen molar-refractivity contribution in [3.05, 3.63) is 33.4 Å². The van der Waals surface area contributed by atoms with E-state index in [0.717, 1.165) is 3.57 Å². The van der Waals surface area contributed by atoms with Crippen LogP contribution in [0.3, 0.4) is 0 Å². The van der Waals surface area contributed by atoms with Crippen LogP contribution in [0.4, 0.5) is 0 Å². The predicted molar refractivity (Wildman–Crippen MR) is 58.8 cm³/mol. The summed E-state index contributed by atoms with van der Waals surface area (Å²) in [4.78, 5) is 11.4. The third-order valence-corrected chi connectivity index (χ3v) is 2.64. The molecule has 0 spiro atoms. The van der Waals surface area contributed by atoms with Crippen molar-refractivity contribution in [3.8, 4) is 0 Å². The summed E-state index contributed by atoms with van der Waals surface area (Å²) in [5, 5.41) is -0.444. The van der Waals surface area contributed by atoms with Crippen LogP contribution in [-0.2, 0) is 0 Å². The van der Waals surface area contributed by atoms with Crippen LogP contribution in [-0.4, -0.2) is 11.2 Å². The summed E-state index contributed by atoms with van der Waals surface area (Å²) < 4.78 is 0.951. The summed E-state index contributed by atoms with van der Waals surface area (Å²) in [5.74, 6) is -0.0123. The van der Waals surface area contributed by atoms with Crippen LogP contribution in [0.15, 0.2) is 24.3 Å². The second kappa shape index (κ2) is 4.23. The molecular weight excluding hydrogens is 286 g/mol. The molecule has 0 bridgehead atoms. The largest absolute Gasteiger partial charge is 0.292 e. The number of halogens is 2. The first-order valence-electron chi connectivity index (χ1n) is 3.55. The van der Waals surface area contributed by atoms with Crippen LogP contribution in [0.25, 0.3) is 0 Å². The van der Waals surface area contributed by atoms with Gasteiger partial charge >= 0.3 is 0 Å². The van der Waals surface area contributed by atoms with E-state index in [1.165, 1.54) is 0 Å². The predicted octanol–water partition coefficient (Wildman–Crippen LogP) is 3.10. The van der Waals surface area contributed by atoms with Gasteiger partial charge in [-0.2, -0.15) is 0 Å². The Morgan fingerprint density at radius 3 is 2.58 bits per heavy atom. The van der Waals surface area contributed by atoms with Crippen molar-refractivity contribution in [3.63, 3.8) is 0 Å². The van der Waals surface area contributed by atoms with Gasteiger partial charge in [0.2, 0.25) is 0 Å². The molecule has 0 amide bonds. The fourth-order valence-electron chi connectivity index (χ4n) is 0.875. The van der Waals surface area contributed by atoms with Gasteiger partial charge in [-0.1, -0.05) is 18.2 Å². The Hall–Kier alpha value is -0.0900. The molecule has 12 heavy (non-hydrogen) atoms. The van der Waals surface area contributed by atoms with Gasteiger partial charge < -0.3 is 0 Å². The van der Waals surface area contributed by atoms with Gasteiger partial charge in [-0.25, -0.2) is 0 Å². The molecule has 0 aliphatic heterocycles. The lowest BCUT2D eigenvalue weighted by Gasteiger charge is -2.03. The van der Waals surface area contributed by atoms with Crippen molar-refractivity contribution in [1.82, 2.24) is 0 Å². The molecule has 0 aromatic heterocycles. The van der Waals surface area contributed by atoms with Crippen molar-refractivity contribution < 1.29 is 4.79 Å². The molecule has 0 radical (unpaired) electrons. The van der Waals surface area contributed by atoms with Gasteiger partial charge in [0.1, 0.15) is 0 Å². The van der Waals surface area contributed by atoms with Crippen molar-refractivity contribution >= 4 is 40.0 Å². The maximum absolute atomic E-state index is 11.4. The van der Waals surface area contributed by atoms with E-state index < -0.39 is 5.38 Å². The Kier molecular flexibility index (Phi) is 3.53. The summed E-state index contributed by atoms with van der Waals surface area (Å²) in [6, 6.07) is 7.43. The van der Waals surface area contributed by atoms with Gasteiger partial charge in [0.15, 0.2) is 5.78 Å². The smallest absolute Gasteiger partial charge is 0.181 e. The number of carbonyl (C=O) groups excluding carboxylic acids is 1. The third-order valence-electron chi connectivity index (χ3n) is 1.50. The fourth-order valence-corrected chi connectivity index (χ4v) is 1.65. The van der Waals surface area contributed by atoms with Gasteiger partial charge in [0, 0.05) is 9.13 Å². The van der Waals surface area contributed by atoms with Crippen LogP contribution >= 0.6 is 34.2 Å². The van der Waals surface area contributed by atoms with Crippen LogP contribution in [0.2, 0.25) is 0 Å². The maximum atomic E-state index is 11.4. The molecule has 1 nitrogen and oxygen atoms in total. The van der Waals surface area contributed by atoms with E-state index in [1.807, 2.05) is 18.2 Å². The first-order valence-corrected chi connectivity index (χ1v) is 5.07. The highest BCUT2D eigenvalue weighted by Gasteiger charge is 2.13. The molecule has 0 saturated heterocycles. The second-order valence-electron chi connectivity index (χ2n) is 2.46. The Morgan fingerprint density at radius 2 is 2.08 bits per heavy atom. The SMILES string of the molecule is CC(Cl)C(=O)c1ccccc1I. The lowest BCUT2D eigenvalue weighted by molar-refractivity contribution is 0.0991. The quantitative estimate of drug-likeness (QED) is 0.465. The molecule has 1 aromatic carbocycles. The number of benzene rings is 1. The minimum atomic E-state index is -0.444. The molecule has 0 aliphatic carbocycles. The number of rotatable bonds is 2. The Balaban J connectivity index is 3.03. The van der Waals surface area contributed by atoms with E-state index in [1.54, 1.807) is 13.0 Å². The first-order chi connectivity index (χ1) is 5.63. The van der Waals surface area contributed by atoms with E-state index in [9.17, 15) is 4.79 Å². The van der Waals surface area contributed by atoms with Crippen LogP contribution in [0.5, 0.6) is 0 Å². The Labute approximate surface area is 90.3 Å². The molecule has 0 heterocycles. The summed E-state index contributed by atoms with van der Waals surface area (Å²) in [6.07, 6.45) is 0. The summed E-state index contributed by atoms with van der Waals surface area (Å²) >= 11 is 7.81. The van der Waals surface area contributed by atoms with Gasteiger partial charge in [-0.15, -0.1) is 11.6 Å². The highest BCUT2D eigenvalue weighted by Crippen LogP contribution is 2.15. The number of hydrogen-bond acceptors (Lipinski definition) is 1. The first kappa shape index (κ1) is 9.99. The molecule has 0 aliphatic rings. The summed E-state index contributed by atoms with van der Waals surface area (Å²) in [6.45, 7) is 1.69. The van der Waals surface area contributed by atoms with Gasteiger partial charge in [-0.05, 0) is 35.6 Å². The minimum Gasteiger partial charge on any atom is -0.292 e. The zero-order chi connectivity index (χ0) is 9.14. The van der Waals surface area contributed by atoms with E-state index in [-0.39, 0.29) is 5.78 Å². The topological polar surface area (TPSA) is 17.1 Å². The van der Waals surface area contributed by atoms with E-state index in [2.05, 4.69) is 22.6 Å². The monoisotopic (exact) mass is 294 g/mol. The maximum Gasteiger partial charge on any atom is 0.181 e. The van der Waals surface area contributed by atoms with Crippen molar-refractivity contribution in [1.29, 1.82) is 0 Å². The van der Waals surface area contributed by atoms with Gasteiger partial charge in [-0.3, -0.25) is 4.79 Å². The highest BCUT2D eigenvalue weighted by molar-refractivity contribution is 14.1. The van der Waals surface area contributed by atoms with Crippen LogP contribution < -0.4 is 0 Å². The summed E-state index contributed by atoms with van der Waals surface area (Å²) in [5.41, 5.74) is 0.709. The zero-order valence-corrected chi connectivity index (χ0v) is 9.46. The normalized spacial score (nSPS) is 12.6. The van der Waals surface area contributed by atoms with Crippen molar-refractivity contribution in [2.75, 3.05) is 0 Å². The lowest BCUT2D eigenvalue weighted by Crippen LogP contribution is -2.11. The lowest BCUT2D eigenvalue weighted by atomic mass is 10.1. The zero-order valence-electron chi connectivity index (χ0n) is 6.55. The van der Waals surface area contributed by atoms with Gasteiger partial charge in [0.05, 0.1) is 5.38 Å². The van der Waals surface area contributed by atoms with Crippen molar-refractivity contribution in [2.45, 2.75) is 12.3 Å². The van der Waals surface area contributed by atoms with E-state index >= 15 is 0 Å². The second-order valence-corrected chi connectivity index (χ2v) is 4.28. The minimum absolute atomic E-state index is 0.0123. The van der Waals surface area contributed by atoms with Crippen LogP contribution in [0, 0.1) is 3.57 Å². The number of ketones is 1. The molecule has 3 heteroatoms. The number of hydrogen-bond donors (Lipinski definition) is 0.